The number of carbonyl (C=O) groups excluding carboxylic acids is 1. The van der Waals surface area contributed by atoms with Crippen LogP contribution in [-0.2, 0) is 4.79 Å². The van der Waals surface area contributed by atoms with Gasteiger partial charge in [0.15, 0.2) is 0 Å². The number of pyridine rings is 1. The maximum absolute atomic E-state index is 12.1. The lowest BCUT2D eigenvalue weighted by atomic mass is 9.98. The molecule has 3 heterocycles. The van der Waals surface area contributed by atoms with Crippen LogP contribution >= 0.6 is 0 Å². The van der Waals surface area contributed by atoms with Crippen molar-refractivity contribution < 1.29 is 9.53 Å². The van der Waals surface area contributed by atoms with Crippen LogP contribution in [0.25, 0.3) is 0 Å². The lowest BCUT2D eigenvalue weighted by molar-refractivity contribution is -0.136. The Kier molecular flexibility index (Phi) is 5.72. The molecule has 0 aliphatic carbocycles. The predicted octanol–water partition coefficient (Wildman–Crippen LogP) is 2.57. The second-order valence-electron chi connectivity index (χ2n) is 7.25. The number of nitrogens with zero attached hydrogens (tertiary/aromatic N) is 3. The molecule has 0 bridgehead atoms. The third-order valence-corrected chi connectivity index (χ3v) is 5.22. The lowest BCUT2D eigenvalue weighted by Gasteiger charge is -2.42. The van der Waals surface area contributed by atoms with Gasteiger partial charge >= 0.3 is 0 Å². The maximum Gasteiger partial charge on any atom is 0.225 e. The van der Waals surface area contributed by atoms with Crippen molar-refractivity contribution in [2.24, 2.45) is 5.92 Å². The van der Waals surface area contributed by atoms with Gasteiger partial charge in [-0.3, -0.25) is 14.7 Å². The third kappa shape index (κ3) is 4.26. The van der Waals surface area contributed by atoms with Gasteiger partial charge in [0.2, 0.25) is 5.91 Å². The van der Waals surface area contributed by atoms with E-state index in [-0.39, 0.29) is 5.92 Å². The average molecular weight is 331 g/mol. The summed E-state index contributed by atoms with van der Waals surface area (Å²) in [6.07, 6.45) is 8.23. The summed E-state index contributed by atoms with van der Waals surface area (Å²) in [5.41, 5.74) is 0. The summed E-state index contributed by atoms with van der Waals surface area (Å²) in [7, 11) is 0. The van der Waals surface area contributed by atoms with Crippen LogP contribution in [0.3, 0.4) is 0 Å². The number of ether oxygens (including phenoxy) is 1. The van der Waals surface area contributed by atoms with Crippen molar-refractivity contribution in [3.8, 4) is 5.75 Å². The summed E-state index contributed by atoms with van der Waals surface area (Å²) in [5, 5.41) is 0. The van der Waals surface area contributed by atoms with E-state index in [4.69, 9.17) is 4.74 Å². The molecule has 0 saturated carbocycles. The van der Waals surface area contributed by atoms with Crippen molar-refractivity contribution in [2.75, 3.05) is 26.2 Å². The maximum atomic E-state index is 12.1. The van der Waals surface area contributed by atoms with Crippen LogP contribution in [0, 0.1) is 5.92 Å². The molecule has 0 N–H and O–H groups in total. The highest BCUT2D eigenvalue weighted by Crippen LogP contribution is 2.24. The summed E-state index contributed by atoms with van der Waals surface area (Å²) in [5.74, 6) is 1.34. The highest BCUT2D eigenvalue weighted by atomic mass is 16.5. The SMILES string of the molecule is CC(C)C(=O)N1CCC(N2CCC(Oc3ccncc3)CC2)CC1. The molecular weight excluding hydrogens is 302 g/mol. The van der Waals surface area contributed by atoms with Gasteiger partial charge < -0.3 is 9.64 Å². The first-order valence-corrected chi connectivity index (χ1v) is 9.23. The Morgan fingerprint density at radius 3 is 2.29 bits per heavy atom. The van der Waals surface area contributed by atoms with Gasteiger partial charge in [-0.15, -0.1) is 0 Å². The minimum Gasteiger partial charge on any atom is -0.490 e. The number of aromatic nitrogens is 1. The van der Waals surface area contributed by atoms with E-state index in [0.717, 1.165) is 57.6 Å². The Morgan fingerprint density at radius 1 is 1.08 bits per heavy atom. The van der Waals surface area contributed by atoms with Crippen LogP contribution in [-0.4, -0.2) is 59.0 Å². The fourth-order valence-electron chi connectivity index (χ4n) is 3.78. The van der Waals surface area contributed by atoms with E-state index < -0.39 is 0 Å². The Hall–Kier alpha value is -1.62. The third-order valence-electron chi connectivity index (χ3n) is 5.22. The fourth-order valence-corrected chi connectivity index (χ4v) is 3.78. The number of amides is 1. The molecular formula is C19H29N3O2. The largest absolute Gasteiger partial charge is 0.490 e. The fraction of sp³-hybridized carbons (Fsp3) is 0.684. The van der Waals surface area contributed by atoms with E-state index in [1.165, 1.54) is 0 Å². The van der Waals surface area contributed by atoms with E-state index in [1.807, 2.05) is 30.9 Å². The molecule has 1 aromatic heterocycles. The molecule has 0 atom stereocenters. The van der Waals surface area contributed by atoms with Crippen molar-refractivity contribution in [1.82, 2.24) is 14.8 Å². The monoisotopic (exact) mass is 331 g/mol. The van der Waals surface area contributed by atoms with Gasteiger partial charge in [-0.2, -0.15) is 0 Å². The molecule has 1 aromatic rings. The molecule has 0 spiro atoms. The topological polar surface area (TPSA) is 45.7 Å². The first kappa shape index (κ1) is 17.2. The van der Waals surface area contributed by atoms with E-state index in [0.29, 0.717) is 18.1 Å². The van der Waals surface area contributed by atoms with E-state index >= 15 is 0 Å². The van der Waals surface area contributed by atoms with E-state index in [9.17, 15) is 4.79 Å². The van der Waals surface area contributed by atoms with Crippen LogP contribution in [0.15, 0.2) is 24.5 Å². The Morgan fingerprint density at radius 2 is 1.71 bits per heavy atom. The minimum atomic E-state index is 0.114. The number of rotatable bonds is 4. The Balaban J connectivity index is 1.42. The molecule has 5 nitrogen and oxygen atoms in total. The first-order valence-electron chi connectivity index (χ1n) is 9.23. The molecule has 1 amide bonds. The van der Waals surface area contributed by atoms with Crippen LogP contribution in [0.5, 0.6) is 5.75 Å². The van der Waals surface area contributed by atoms with Gasteiger partial charge in [-0.1, -0.05) is 13.8 Å². The molecule has 3 rings (SSSR count). The predicted molar refractivity (Wildman–Crippen MR) is 93.9 cm³/mol. The van der Waals surface area contributed by atoms with Crippen molar-refractivity contribution in [3.63, 3.8) is 0 Å². The molecule has 0 radical (unpaired) electrons. The van der Waals surface area contributed by atoms with Crippen molar-refractivity contribution in [2.45, 2.75) is 51.7 Å². The highest BCUT2D eigenvalue weighted by molar-refractivity contribution is 5.78. The summed E-state index contributed by atoms with van der Waals surface area (Å²) in [4.78, 5) is 20.8. The van der Waals surface area contributed by atoms with Gasteiger partial charge in [-0.25, -0.2) is 0 Å². The molecule has 132 valence electrons. The molecule has 0 unspecified atom stereocenters. The smallest absolute Gasteiger partial charge is 0.225 e. The van der Waals surface area contributed by atoms with Crippen molar-refractivity contribution in [3.05, 3.63) is 24.5 Å². The second-order valence-corrected chi connectivity index (χ2v) is 7.25. The lowest BCUT2D eigenvalue weighted by Crippen LogP contribution is -2.50. The van der Waals surface area contributed by atoms with Crippen LogP contribution < -0.4 is 4.74 Å². The zero-order valence-corrected chi connectivity index (χ0v) is 14.9. The number of hydrogen-bond donors (Lipinski definition) is 0. The molecule has 5 heteroatoms. The molecule has 2 aliphatic heterocycles. The quantitative estimate of drug-likeness (QED) is 0.851. The first-order chi connectivity index (χ1) is 11.6. The van der Waals surface area contributed by atoms with E-state index in [1.54, 1.807) is 12.4 Å². The number of likely N-dealkylation sites (tertiary alicyclic amines) is 2. The van der Waals surface area contributed by atoms with Gasteiger partial charge in [0.1, 0.15) is 11.9 Å². The second kappa shape index (κ2) is 7.97. The number of carbonyl (C=O) groups is 1. The Bertz CT molecular complexity index is 519. The zero-order chi connectivity index (χ0) is 16.9. The molecule has 0 aromatic carbocycles. The number of hydrogen-bond acceptors (Lipinski definition) is 4. The van der Waals surface area contributed by atoms with Crippen LogP contribution in [0.4, 0.5) is 0 Å². The van der Waals surface area contributed by atoms with E-state index in [2.05, 4.69) is 9.88 Å². The highest BCUT2D eigenvalue weighted by Gasteiger charge is 2.30. The van der Waals surface area contributed by atoms with Gasteiger partial charge in [0.05, 0.1) is 0 Å². The summed E-state index contributed by atoms with van der Waals surface area (Å²) in [6.45, 7) is 7.99. The van der Waals surface area contributed by atoms with Crippen LogP contribution in [0.1, 0.15) is 39.5 Å². The molecule has 2 fully saturated rings. The Labute approximate surface area is 145 Å². The van der Waals surface area contributed by atoms with Crippen molar-refractivity contribution >= 4 is 5.91 Å². The van der Waals surface area contributed by atoms with Gasteiger partial charge in [0.25, 0.3) is 0 Å². The molecule has 2 saturated heterocycles. The summed E-state index contributed by atoms with van der Waals surface area (Å²) < 4.78 is 6.05. The standard InChI is InChI=1S/C19H29N3O2/c1-15(2)19(23)22-11-5-16(6-12-22)21-13-7-18(8-14-21)24-17-3-9-20-10-4-17/h3-4,9-10,15-16,18H,5-8,11-14H2,1-2H3. The van der Waals surface area contributed by atoms with Crippen molar-refractivity contribution in [1.29, 1.82) is 0 Å². The average Bonchev–Trinajstić information content (AvgIpc) is 2.63. The summed E-state index contributed by atoms with van der Waals surface area (Å²) in [6, 6.07) is 4.48. The van der Waals surface area contributed by atoms with Gasteiger partial charge in [-0.05, 0) is 37.8 Å². The molecule has 24 heavy (non-hydrogen) atoms. The number of piperidine rings is 2. The minimum absolute atomic E-state index is 0.114. The zero-order valence-electron chi connectivity index (χ0n) is 14.9. The van der Waals surface area contributed by atoms with Gasteiger partial charge in [0, 0.05) is 50.5 Å². The molecule has 2 aliphatic rings. The normalized spacial score (nSPS) is 21.2. The van der Waals surface area contributed by atoms with Crippen LogP contribution in [0.2, 0.25) is 0 Å². The summed E-state index contributed by atoms with van der Waals surface area (Å²) >= 11 is 0.